The first kappa shape index (κ1) is 18.6. The number of ether oxygens (including phenoxy) is 1. The van der Waals surface area contributed by atoms with E-state index in [-0.39, 0.29) is 11.6 Å². The van der Waals surface area contributed by atoms with E-state index in [0.717, 1.165) is 17.1 Å². The molecule has 1 aliphatic rings. The van der Waals surface area contributed by atoms with Crippen molar-refractivity contribution in [2.45, 2.75) is 31.0 Å². The van der Waals surface area contributed by atoms with Crippen LogP contribution in [0.5, 0.6) is 5.88 Å². The lowest BCUT2D eigenvalue weighted by Gasteiger charge is -2.40. The normalized spacial score (nSPS) is 15.6. The van der Waals surface area contributed by atoms with Gasteiger partial charge in [0.1, 0.15) is 11.6 Å². The van der Waals surface area contributed by atoms with E-state index >= 15 is 0 Å². The molecule has 0 aromatic carbocycles. The van der Waals surface area contributed by atoms with Crippen molar-refractivity contribution < 1.29 is 27.1 Å². The van der Waals surface area contributed by atoms with Gasteiger partial charge >= 0.3 is 6.18 Å². The first-order valence-corrected chi connectivity index (χ1v) is 7.80. The molecule has 27 heavy (non-hydrogen) atoms. The molecule has 1 aliphatic carbocycles. The Hall–Kier alpha value is -3.16. The number of halogens is 4. The highest BCUT2D eigenvalue weighted by Gasteiger charge is 2.47. The molecule has 1 fully saturated rings. The van der Waals surface area contributed by atoms with Crippen LogP contribution in [-0.2, 0) is 16.5 Å². The highest BCUT2D eigenvalue weighted by Crippen LogP contribution is 2.41. The molecule has 11 heteroatoms. The van der Waals surface area contributed by atoms with E-state index in [4.69, 9.17) is 10.00 Å². The van der Waals surface area contributed by atoms with Crippen LogP contribution in [0.2, 0.25) is 0 Å². The molecule has 142 valence electrons. The summed E-state index contributed by atoms with van der Waals surface area (Å²) in [5, 5.41) is 15.0. The molecule has 2 heterocycles. The Labute approximate surface area is 150 Å². The van der Waals surface area contributed by atoms with Crippen LogP contribution in [0.15, 0.2) is 18.5 Å². The Morgan fingerprint density at radius 1 is 1.44 bits per heavy atom. The molecule has 0 aliphatic heterocycles. The van der Waals surface area contributed by atoms with Gasteiger partial charge in [0.2, 0.25) is 5.82 Å². The second-order valence-electron chi connectivity index (χ2n) is 6.00. The largest absolute Gasteiger partial charge is 0.478 e. The van der Waals surface area contributed by atoms with E-state index in [1.54, 1.807) is 0 Å². The zero-order chi connectivity index (χ0) is 19.8. The molecule has 0 radical (unpaired) electrons. The number of methoxy groups -OCH3 is 1. The summed E-state index contributed by atoms with van der Waals surface area (Å²) in [5.41, 5.74) is -3.50. The number of nitrogens with zero attached hydrogens (tertiary/aromatic N) is 4. The topological polar surface area (TPSA) is 92.8 Å². The van der Waals surface area contributed by atoms with E-state index in [2.05, 4.69) is 15.4 Å². The van der Waals surface area contributed by atoms with Crippen LogP contribution >= 0.6 is 0 Å². The number of amides is 1. The first-order valence-electron chi connectivity index (χ1n) is 7.80. The fourth-order valence-electron chi connectivity index (χ4n) is 2.85. The number of aromatic nitrogens is 3. The number of nitriles is 1. The van der Waals surface area contributed by atoms with Gasteiger partial charge in [-0.1, -0.05) is 0 Å². The SMILES string of the molecule is COc1nn(C2(C(=O)Nc3cnc(C#N)c(C(F)(F)F)c3)CCC2)cc1F. The molecule has 0 spiro atoms. The lowest BCUT2D eigenvalue weighted by atomic mass is 9.76. The third-order valence-corrected chi connectivity index (χ3v) is 4.43. The average Bonchev–Trinajstić information content (AvgIpc) is 2.94. The van der Waals surface area contributed by atoms with Gasteiger partial charge in [-0.2, -0.15) is 22.8 Å². The molecular formula is C16H13F4N5O2. The number of nitrogens with one attached hydrogen (secondary N) is 1. The van der Waals surface area contributed by atoms with E-state index in [1.165, 1.54) is 13.2 Å². The molecule has 2 aromatic rings. The third-order valence-electron chi connectivity index (χ3n) is 4.43. The highest BCUT2D eigenvalue weighted by molar-refractivity contribution is 5.97. The number of rotatable bonds is 4. The number of alkyl halides is 3. The van der Waals surface area contributed by atoms with Gasteiger partial charge < -0.3 is 10.1 Å². The Balaban J connectivity index is 1.91. The third kappa shape index (κ3) is 3.18. The van der Waals surface area contributed by atoms with Crippen molar-refractivity contribution in [2.75, 3.05) is 12.4 Å². The number of pyridine rings is 1. The summed E-state index contributed by atoms with van der Waals surface area (Å²) in [5.74, 6) is -1.69. The summed E-state index contributed by atoms with van der Waals surface area (Å²) in [4.78, 5) is 16.2. The standard InChI is InChI=1S/C16H13F4N5O2/c1-27-13-11(17)8-25(24-13)15(3-2-4-15)14(26)23-9-5-10(16(18,19)20)12(6-21)22-7-9/h5,7-8H,2-4H2,1H3,(H,23,26). The molecule has 7 nitrogen and oxygen atoms in total. The number of anilines is 1. The summed E-state index contributed by atoms with van der Waals surface area (Å²) < 4.78 is 58.8. The highest BCUT2D eigenvalue weighted by atomic mass is 19.4. The summed E-state index contributed by atoms with van der Waals surface area (Å²) in [6.45, 7) is 0. The van der Waals surface area contributed by atoms with Crippen molar-refractivity contribution in [1.29, 1.82) is 5.26 Å². The monoisotopic (exact) mass is 383 g/mol. The molecule has 0 saturated heterocycles. The number of carbonyl (C=O) groups excluding carboxylic acids is 1. The minimum atomic E-state index is -4.80. The van der Waals surface area contributed by atoms with Crippen molar-refractivity contribution in [3.8, 4) is 11.9 Å². The van der Waals surface area contributed by atoms with Gasteiger partial charge in [-0.3, -0.25) is 9.48 Å². The Kier molecular flexibility index (Phi) is 4.51. The summed E-state index contributed by atoms with van der Waals surface area (Å²) in [7, 11) is 1.23. The smallest absolute Gasteiger partial charge is 0.419 e. The Morgan fingerprint density at radius 2 is 2.15 bits per heavy atom. The maximum atomic E-state index is 13.8. The maximum Gasteiger partial charge on any atom is 0.419 e. The quantitative estimate of drug-likeness (QED) is 0.820. The van der Waals surface area contributed by atoms with Crippen molar-refractivity contribution in [1.82, 2.24) is 14.8 Å². The fraction of sp³-hybridized carbons (Fsp3) is 0.375. The second-order valence-corrected chi connectivity index (χ2v) is 6.00. The van der Waals surface area contributed by atoms with Gasteiger partial charge in [-0.25, -0.2) is 4.98 Å². The predicted octanol–water partition coefficient (Wildman–Crippen LogP) is 2.83. The molecule has 1 amide bonds. The van der Waals surface area contributed by atoms with Gasteiger partial charge in [0.15, 0.2) is 5.69 Å². The van der Waals surface area contributed by atoms with E-state index in [1.807, 2.05) is 0 Å². The van der Waals surface area contributed by atoms with Crippen LogP contribution in [-0.4, -0.2) is 27.8 Å². The van der Waals surface area contributed by atoms with Gasteiger partial charge in [-0.05, 0) is 25.3 Å². The Morgan fingerprint density at radius 3 is 2.63 bits per heavy atom. The van der Waals surface area contributed by atoms with E-state index < -0.39 is 34.7 Å². The van der Waals surface area contributed by atoms with Crippen LogP contribution < -0.4 is 10.1 Å². The van der Waals surface area contributed by atoms with Gasteiger partial charge in [0.05, 0.1) is 30.8 Å². The first-order chi connectivity index (χ1) is 12.7. The molecule has 0 bridgehead atoms. The van der Waals surface area contributed by atoms with E-state index in [9.17, 15) is 22.4 Å². The molecule has 1 saturated carbocycles. The fourth-order valence-corrected chi connectivity index (χ4v) is 2.85. The minimum Gasteiger partial charge on any atom is -0.478 e. The van der Waals surface area contributed by atoms with Crippen LogP contribution in [0, 0.1) is 17.1 Å². The molecular weight excluding hydrogens is 370 g/mol. The minimum absolute atomic E-state index is 0.225. The van der Waals surface area contributed by atoms with Gasteiger partial charge in [0.25, 0.3) is 11.8 Å². The molecule has 2 aromatic heterocycles. The summed E-state index contributed by atoms with van der Waals surface area (Å²) in [6.07, 6.45) is -1.50. The maximum absolute atomic E-state index is 13.8. The van der Waals surface area contributed by atoms with Crippen LogP contribution in [0.25, 0.3) is 0 Å². The van der Waals surface area contributed by atoms with E-state index in [0.29, 0.717) is 25.3 Å². The van der Waals surface area contributed by atoms with Gasteiger partial charge in [-0.15, -0.1) is 5.10 Å². The van der Waals surface area contributed by atoms with Gasteiger partial charge in [0, 0.05) is 0 Å². The summed E-state index contributed by atoms with van der Waals surface area (Å²) >= 11 is 0. The average molecular weight is 383 g/mol. The zero-order valence-corrected chi connectivity index (χ0v) is 14.0. The summed E-state index contributed by atoms with van der Waals surface area (Å²) in [6, 6.07) is 2.00. The van der Waals surface area contributed by atoms with Crippen molar-refractivity contribution in [3.63, 3.8) is 0 Å². The van der Waals surface area contributed by atoms with Crippen LogP contribution in [0.1, 0.15) is 30.5 Å². The van der Waals surface area contributed by atoms with Crippen molar-refractivity contribution in [3.05, 3.63) is 35.5 Å². The lowest BCUT2D eigenvalue weighted by molar-refractivity contribution is -0.138. The lowest BCUT2D eigenvalue weighted by Crippen LogP contribution is -2.51. The predicted molar refractivity (Wildman–Crippen MR) is 83.1 cm³/mol. The number of carbonyl (C=O) groups is 1. The molecule has 3 rings (SSSR count). The number of hydrogen-bond acceptors (Lipinski definition) is 5. The molecule has 0 unspecified atom stereocenters. The molecule has 1 N–H and O–H groups in total. The zero-order valence-electron chi connectivity index (χ0n) is 14.0. The van der Waals surface area contributed by atoms with Crippen molar-refractivity contribution >= 4 is 11.6 Å². The Bertz CT molecular complexity index is 928. The van der Waals surface area contributed by atoms with Crippen molar-refractivity contribution in [2.24, 2.45) is 0 Å². The number of hydrogen-bond donors (Lipinski definition) is 1. The second kappa shape index (κ2) is 6.53. The van der Waals surface area contributed by atoms with Crippen LogP contribution in [0.3, 0.4) is 0 Å². The van der Waals surface area contributed by atoms with Crippen LogP contribution in [0.4, 0.5) is 23.2 Å². The molecule has 0 atom stereocenters.